The number of hydrogen-bond donors (Lipinski definition) is 0. The van der Waals surface area contributed by atoms with Gasteiger partial charge in [0.25, 0.3) is 0 Å². The summed E-state index contributed by atoms with van der Waals surface area (Å²) in [6, 6.07) is 7.31. The zero-order valence-corrected chi connectivity index (χ0v) is 25.8. The van der Waals surface area contributed by atoms with Crippen LogP contribution in [0.2, 0.25) is 30.4 Å². The molecule has 42 heavy (non-hydrogen) atoms. The molecule has 0 spiro atoms. The highest BCUT2D eigenvalue weighted by molar-refractivity contribution is 8.76. The summed E-state index contributed by atoms with van der Waals surface area (Å²) >= 11 is 36.7. The summed E-state index contributed by atoms with van der Waals surface area (Å²) in [4.78, 5) is 0.450. The molecule has 0 fully saturated rings. The predicted molar refractivity (Wildman–Crippen MR) is 153 cm³/mol. The van der Waals surface area contributed by atoms with Crippen molar-refractivity contribution in [3.05, 3.63) is 89.3 Å². The van der Waals surface area contributed by atoms with Crippen LogP contribution in [0, 0.1) is 22.7 Å². The normalized spacial score (nSPS) is 12.0. The summed E-state index contributed by atoms with van der Waals surface area (Å²) < 4.78 is 81.6. The van der Waals surface area contributed by atoms with Gasteiger partial charge in [-0.2, -0.15) is 36.9 Å². The topological polar surface area (TPSA) is 57.4 Å². The van der Waals surface area contributed by atoms with Gasteiger partial charge in [0.05, 0.1) is 52.4 Å². The largest absolute Gasteiger partial charge is 0.417 e. The van der Waals surface area contributed by atoms with Crippen molar-refractivity contribution in [1.82, 2.24) is 9.13 Å². The lowest BCUT2D eigenvalue weighted by Crippen LogP contribution is -2.07. The van der Waals surface area contributed by atoms with Gasteiger partial charge in [0.1, 0.15) is 33.6 Å². The van der Waals surface area contributed by atoms with Crippen molar-refractivity contribution in [2.24, 2.45) is 0 Å². The maximum Gasteiger partial charge on any atom is 0.417 e. The SMILES string of the molecule is N#Cc1c(SSc2cn(-c3ccc(C(F)(F)F)c(Cl)c3Cl)c(Cl)c2C#N)cn(-c2ccc(C(F)(F)F)c(Cl)c2Cl)c1Cl. The molecule has 0 bridgehead atoms. The highest BCUT2D eigenvalue weighted by Crippen LogP contribution is 2.48. The van der Waals surface area contributed by atoms with E-state index in [-0.39, 0.29) is 42.6 Å². The lowest BCUT2D eigenvalue weighted by atomic mass is 10.2. The Kier molecular flexibility index (Phi) is 9.54. The van der Waals surface area contributed by atoms with E-state index in [0.29, 0.717) is 0 Å². The molecule has 4 aromatic rings. The van der Waals surface area contributed by atoms with Gasteiger partial charge < -0.3 is 9.13 Å². The number of aromatic nitrogens is 2. The number of hydrogen-bond acceptors (Lipinski definition) is 4. The molecule has 0 saturated heterocycles. The van der Waals surface area contributed by atoms with Gasteiger partial charge in [-0.25, -0.2) is 0 Å². The van der Waals surface area contributed by atoms with Crippen molar-refractivity contribution in [3.63, 3.8) is 0 Å². The van der Waals surface area contributed by atoms with Crippen LogP contribution < -0.4 is 0 Å². The van der Waals surface area contributed by atoms with E-state index in [4.69, 9.17) is 69.6 Å². The lowest BCUT2D eigenvalue weighted by Gasteiger charge is -2.14. The second-order valence-electron chi connectivity index (χ2n) is 7.96. The monoisotopic (exact) mass is 738 g/mol. The van der Waals surface area contributed by atoms with Crippen LogP contribution in [0.25, 0.3) is 11.4 Å². The molecule has 0 amide bonds. The molecule has 218 valence electrons. The first kappa shape index (κ1) is 32.9. The molecule has 0 N–H and O–H groups in total. The van der Waals surface area contributed by atoms with Crippen molar-refractivity contribution < 1.29 is 26.3 Å². The van der Waals surface area contributed by atoms with E-state index in [1.165, 1.54) is 21.5 Å². The van der Waals surface area contributed by atoms with Crippen LogP contribution in [-0.4, -0.2) is 9.13 Å². The van der Waals surface area contributed by atoms with Gasteiger partial charge in [0, 0.05) is 12.4 Å². The molecule has 18 heteroatoms. The predicted octanol–water partition coefficient (Wildman–Crippen LogP) is 11.8. The molecule has 2 heterocycles. The second-order valence-corrected chi connectivity index (χ2v) is 12.4. The summed E-state index contributed by atoms with van der Waals surface area (Å²) in [5.74, 6) is 0. The van der Waals surface area contributed by atoms with E-state index in [1.807, 2.05) is 12.1 Å². The fourth-order valence-corrected chi connectivity index (χ4v) is 7.53. The van der Waals surface area contributed by atoms with E-state index in [2.05, 4.69) is 0 Å². The Bertz CT molecular complexity index is 1690. The number of halogens is 12. The van der Waals surface area contributed by atoms with Crippen LogP contribution in [0.1, 0.15) is 22.3 Å². The molecule has 0 radical (unpaired) electrons. The first-order valence-corrected chi connectivity index (χ1v) is 15.0. The van der Waals surface area contributed by atoms with Gasteiger partial charge >= 0.3 is 12.4 Å². The fraction of sp³-hybridized carbons (Fsp3) is 0.0833. The van der Waals surface area contributed by atoms with Crippen molar-refractivity contribution >= 4 is 91.2 Å². The number of alkyl halides is 6. The Morgan fingerprint density at radius 1 is 0.571 bits per heavy atom. The van der Waals surface area contributed by atoms with Crippen LogP contribution in [0.15, 0.2) is 46.5 Å². The van der Waals surface area contributed by atoms with Crippen LogP contribution in [0.5, 0.6) is 0 Å². The molecule has 0 unspecified atom stereocenters. The molecule has 2 aromatic heterocycles. The van der Waals surface area contributed by atoms with Crippen LogP contribution >= 0.6 is 91.2 Å². The van der Waals surface area contributed by atoms with E-state index in [0.717, 1.165) is 45.9 Å². The van der Waals surface area contributed by atoms with Gasteiger partial charge in [-0.1, -0.05) is 69.6 Å². The van der Waals surface area contributed by atoms with Crippen LogP contribution in [0.4, 0.5) is 26.3 Å². The lowest BCUT2D eigenvalue weighted by molar-refractivity contribution is -0.138. The Morgan fingerprint density at radius 2 is 0.905 bits per heavy atom. The van der Waals surface area contributed by atoms with Crippen molar-refractivity contribution in [2.75, 3.05) is 0 Å². The van der Waals surface area contributed by atoms with Gasteiger partial charge in [0.15, 0.2) is 0 Å². The molecule has 0 aliphatic rings. The minimum atomic E-state index is -4.76. The minimum absolute atomic E-state index is 0.0336. The zero-order valence-electron chi connectivity index (χ0n) is 19.6. The Labute approximate surface area is 270 Å². The molecule has 0 aliphatic heterocycles. The average Bonchev–Trinajstić information content (AvgIpc) is 3.39. The van der Waals surface area contributed by atoms with E-state index in [1.54, 1.807) is 0 Å². The standard InChI is InChI=1S/C24H6Cl6F6N4S2/c25-17-11(23(31,32)33)1-3-13(19(17)27)39-7-15(9(5-37)21(39)29)41-42-16-8-40(22(30)10(16)6-38)14-4-2-12(24(34,35)36)18(26)20(14)28/h1-4,7-8H. The first-order chi connectivity index (χ1) is 19.5. The molecular weight excluding hydrogens is 735 g/mol. The highest BCUT2D eigenvalue weighted by Gasteiger charge is 2.36. The maximum atomic E-state index is 13.2. The summed E-state index contributed by atoms with van der Waals surface area (Å²) in [6.07, 6.45) is -6.86. The number of nitrogens with zero attached hydrogens (tertiary/aromatic N) is 4. The quantitative estimate of drug-likeness (QED) is 0.151. The fourth-order valence-electron chi connectivity index (χ4n) is 3.58. The van der Waals surface area contributed by atoms with Crippen molar-refractivity contribution in [3.8, 4) is 23.5 Å². The van der Waals surface area contributed by atoms with Gasteiger partial charge in [-0.15, -0.1) is 0 Å². The third kappa shape index (κ3) is 6.01. The van der Waals surface area contributed by atoms with Gasteiger partial charge in [-0.3, -0.25) is 0 Å². The molecule has 2 aromatic carbocycles. The summed E-state index contributed by atoms with van der Waals surface area (Å²) in [6.45, 7) is 0. The molecular formula is C24H6Cl6F6N4S2. The molecule has 0 saturated carbocycles. The first-order valence-electron chi connectivity index (χ1n) is 10.6. The Balaban J connectivity index is 1.72. The molecule has 0 aliphatic carbocycles. The number of nitriles is 2. The van der Waals surface area contributed by atoms with Crippen molar-refractivity contribution in [2.45, 2.75) is 22.1 Å². The van der Waals surface area contributed by atoms with Crippen LogP contribution in [-0.2, 0) is 12.4 Å². The van der Waals surface area contributed by atoms with Gasteiger partial charge in [-0.05, 0) is 45.9 Å². The minimum Gasteiger partial charge on any atom is -0.304 e. The smallest absolute Gasteiger partial charge is 0.304 e. The third-order valence-electron chi connectivity index (χ3n) is 5.52. The Hall–Kier alpha value is -2.00. The van der Waals surface area contributed by atoms with E-state index < -0.39 is 43.6 Å². The summed E-state index contributed by atoms with van der Waals surface area (Å²) in [5.41, 5.74) is -2.52. The number of rotatable bonds is 5. The van der Waals surface area contributed by atoms with E-state index in [9.17, 15) is 36.9 Å². The molecule has 4 nitrogen and oxygen atoms in total. The average molecular weight is 741 g/mol. The number of benzene rings is 2. The Morgan fingerprint density at radius 3 is 1.19 bits per heavy atom. The highest BCUT2D eigenvalue weighted by atomic mass is 35.5. The zero-order chi connectivity index (χ0) is 31.3. The van der Waals surface area contributed by atoms with E-state index >= 15 is 0 Å². The third-order valence-corrected chi connectivity index (χ3v) is 10.4. The molecule has 4 rings (SSSR count). The van der Waals surface area contributed by atoms with Crippen molar-refractivity contribution in [1.29, 1.82) is 10.5 Å². The van der Waals surface area contributed by atoms with Gasteiger partial charge in [0.2, 0.25) is 0 Å². The maximum absolute atomic E-state index is 13.2. The summed E-state index contributed by atoms with van der Waals surface area (Å²) in [5, 5.41) is 16.6. The second kappa shape index (κ2) is 12.2. The molecule has 0 atom stereocenters. The summed E-state index contributed by atoms with van der Waals surface area (Å²) in [7, 11) is 1.87. The van der Waals surface area contributed by atoms with Crippen LogP contribution in [0.3, 0.4) is 0 Å².